The summed E-state index contributed by atoms with van der Waals surface area (Å²) in [7, 11) is 3.00. The minimum Gasteiger partial charge on any atom is -1.00 e. The molecule has 19 heavy (non-hydrogen) atoms. The van der Waals surface area contributed by atoms with Crippen molar-refractivity contribution in [1.82, 2.24) is 0 Å². The van der Waals surface area contributed by atoms with E-state index in [9.17, 15) is 0 Å². The van der Waals surface area contributed by atoms with Crippen molar-refractivity contribution in [2.24, 2.45) is 5.41 Å². The van der Waals surface area contributed by atoms with Crippen LogP contribution in [0.3, 0.4) is 0 Å². The van der Waals surface area contributed by atoms with Crippen LogP contribution in [-0.2, 0) is 25.8 Å². The molecule has 3 N–H and O–H groups in total. The molecular weight excluding hydrogens is 454 g/mol. The van der Waals surface area contributed by atoms with Crippen LogP contribution in [0, 0.1) is 11.5 Å². The summed E-state index contributed by atoms with van der Waals surface area (Å²) in [5.41, 5.74) is 4.39. The molecule has 0 saturated heterocycles. The maximum absolute atomic E-state index is 7.00. The molecule has 0 spiro atoms. The van der Waals surface area contributed by atoms with Gasteiger partial charge in [0.2, 0.25) is 0 Å². The van der Waals surface area contributed by atoms with Crippen molar-refractivity contribution in [2.45, 2.75) is 34.6 Å². The molecule has 3 nitrogen and oxygen atoms in total. The molecule has 1 aliphatic carbocycles. The predicted octanol–water partition coefficient (Wildman–Crippen LogP) is -4.06. The fraction of sp³-hybridized carbons (Fsp3) is 0.692. The summed E-state index contributed by atoms with van der Waals surface area (Å²) in [6.45, 7) is 10.9. The fourth-order valence-electron chi connectivity index (χ4n) is 1.41. The standard InChI is InChI=1S/C10H15.3CH4O.2ClH.Hf/c1-7-6-10(4,5)9(3)8(7)2;3*1-2;;;/h1-5H3;3*2H,1H3;2*1H;/q-1;;;;;;/p-2. The second-order valence-corrected chi connectivity index (χ2v) is 3.62. The van der Waals surface area contributed by atoms with Crippen LogP contribution >= 0.6 is 0 Å². The summed E-state index contributed by atoms with van der Waals surface area (Å²) in [5.74, 6) is 0. The van der Waals surface area contributed by atoms with Gasteiger partial charge in [0, 0.05) is 47.2 Å². The molecule has 0 aromatic carbocycles. The zero-order valence-electron chi connectivity index (χ0n) is 13.1. The van der Waals surface area contributed by atoms with Crippen LogP contribution in [0.15, 0.2) is 16.7 Å². The largest absolute Gasteiger partial charge is 1.00 e. The Kier molecular flexibility index (Phi) is 40.8. The number of aliphatic hydroxyl groups excluding tert-OH is 3. The molecule has 118 valence electrons. The van der Waals surface area contributed by atoms with Crippen LogP contribution in [0.5, 0.6) is 0 Å². The Hall–Kier alpha value is 0.810. The van der Waals surface area contributed by atoms with Gasteiger partial charge in [-0.05, 0) is 0 Å². The van der Waals surface area contributed by atoms with Crippen LogP contribution in [0.1, 0.15) is 34.6 Å². The van der Waals surface area contributed by atoms with Gasteiger partial charge in [0.25, 0.3) is 0 Å². The van der Waals surface area contributed by atoms with Crippen LogP contribution in [0.4, 0.5) is 0 Å². The van der Waals surface area contributed by atoms with E-state index >= 15 is 0 Å². The molecule has 0 heterocycles. The number of rotatable bonds is 0. The zero-order chi connectivity index (χ0) is 13.9. The van der Waals surface area contributed by atoms with Crippen molar-refractivity contribution in [1.29, 1.82) is 0 Å². The summed E-state index contributed by atoms with van der Waals surface area (Å²) in [6, 6.07) is 0. The first-order chi connectivity index (χ1) is 7.45. The minimum absolute atomic E-state index is 0. The van der Waals surface area contributed by atoms with E-state index in [0.717, 1.165) is 21.3 Å². The second-order valence-electron chi connectivity index (χ2n) is 3.62. The molecule has 0 bridgehead atoms. The van der Waals surface area contributed by atoms with E-state index in [4.69, 9.17) is 15.3 Å². The number of hydrogen-bond donors (Lipinski definition) is 3. The topological polar surface area (TPSA) is 60.7 Å². The Labute approximate surface area is 149 Å². The van der Waals surface area contributed by atoms with E-state index in [-0.39, 0.29) is 56.1 Å². The average Bonchev–Trinajstić information content (AvgIpc) is 2.50. The van der Waals surface area contributed by atoms with Gasteiger partial charge < -0.3 is 40.1 Å². The van der Waals surface area contributed by atoms with Crippen molar-refractivity contribution in [3.05, 3.63) is 22.8 Å². The van der Waals surface area contributed by atoms with Crippen molar-refractivity contribution >= 4 is 0 Å². The number of allylic oxidation sites excluding steroid dienone is 4. The second kappa shape index (κ2) is 21.1. The smallest absolute Gasteiger partial charge is 0.0319 e. The van der Waals surface area contributed by atoms with Gasteiger partial charge in [0.1, 0.15) is 0 Å². The van der Waals surface area contributed by atoms with Crippen LogP contribution in [0.25, 0.3) is 0 Å². The maximum Gasteiger partial charge on any atom is 0.0319 e. The Morgan fingerprint density at radius 3 is 1.11 bits per heavy atom. The molecule has 0 fully saturated rings. The van der Waals surface area contributed by atoms with E-state index in [1.165, 1.54) is 16.7 Å². The summed E-state index contributed by atoms with van der Waals surface area (Å²) in [6.07, 6.45) is 3.44. The Morgan fingerprint density at radius 1 is 0.789 bits per heavy atom. The van der Waals surface area contributed by atoms with E-state index in [0.29, 0.717) is 0 Å². The minimum atomic E-state index is 0. The maximum atomic E-state index is 7.00. The SMILES string of the molecule is CC1=[C-]C(C)(C)C(C)=C1C.CO.CO.CO.[Cl-].[Cl-].[Hf]. The van der Waals surface area contributed by atoms with Crippen molar-refractivity contribution in [3.63, 3.8) is 0 Å². The average molecular weight is 481 g/mol. The molecule has 0 radical (unpaired) electrons. The monoisotopic (exact) mass is 481 g/mol. The molecule has 0 saturated carbocycles. The van der Waals surface area contributed by atoms with Crippen molar-refractivity contribution in [2.75, 3.05) is 21.3 Å². The van der Waals surface area contributed by atoms with Gasteiger partial charge in [-0.1, -0.05) is 33.1 Å². The number of halogens is 2. The molecular formula is C13H27Cl2HfO3-3. The normalized spacial score (nSPS) is 13.3. The summed E-state index contributed by atoms with van der Waals surface area (Å²) in [4.78, 5) is 0. The van der Waals surface area contributed by atoms with Crippen molar-refractivity contribution < 1.29 is 66.0 Å². The van der Waals surface area contributed by atoms with E-state index in [2.05, 4.69) is 40.7 Å². The molecule has 0 aliphatic heterocycles. The van der Waals surface area contributed by atoms with Gasteiger partial charge in [-0.15, -0.1) is 6.92 Å². The molecule has 6 heteroatoms. The van der Waals surface area contributed by atoms with Crippen LogP contribution < -0.4 is 24.8 Å². The van der Waals surface area contributed by atoms with Crippen LogP contribution in [0.2, 0.25) is 0 Å². The fourth-order valence-corrected chi connectivity index (χ4v) is 1.41. The summed E-state index contributed by atoms with van der Waals surface area (Å²) in [5, 5.41) is 21.0. The van der Waals surface area contributed by atoms with Gasteiger partial charge in [-0.25, -0.2) is 5.57 Å². The first-order valence-corrected chi connectivity index (χ1v) is 5.09. The molecule has 1 rings (SSSR count). The first-order valence-electron chi connectivity index (χ1n) is 5.09. The van der Waals surface area contributed by atoms with Gasteiger partial charge in [0.15, 0.2) is 0 Å². The number of hydrogen-bond acceptors (Lipinski definition) is 3. The van der Waals surface area contributed by atoms with Crippen LogP contribution in [-0.4, -0.2) is 36.6 Å². The van der Waals surface area contributed by atoms with Gasteiger partial charge in [-0.3, -0.25) is 6.08 Å². The molecule has 0 unspecified atom stereocenters. The zero-order valence-corrected chi connectivity index (χ0v) is 18.2. The molecule has 0 amide bonds. The Bertz CT molecular complexity index is 240. The third-order valence-corrected chi connectivity index (χ3v) is 2.56. The number of aliphatic hydroxyl groups is 3. The first kappa shape index (κ1) is 36.8. The van der Waals surface area contributed by atoms with Gasteiger partial charge in [0.05, 0.1) is 0 Å². The molecule has 0 atom stereocenters. The summed E-state index contributed by atoms with van der Waals surface area (Å²) < 4.78 is 0. The van der Waals surface area contributed by atoms with E-state index in [1.54, 1.807) is 0 Å². The van der Waals surface area contributed by atoms with E-state index < -0.39 is 0 Å². The molecule has 1 aliphatic rings. The van der Waals surface area contributed by atoms with Crippen molar-refractivity contribution in [3.8, 4) is 0 Å². The van der Waals surface area contributed by atoms with Gasteiger partial charge in [-0.2, -0.15) is 11.1 Å². The predicted molar refractivity (Wildman–Crippen MR) is 69.0 cm³/mol. The summed E-state index contributed by atoms with van der Waals surface area (Å²) >= 11 is 0. The molecule has 0 aromatic rings. The van der Waals surface area contributed by atoms with Gasteiger partial charge >= 0.3 is 0 Å². The third-order valence-electron chi connectivity index (χ3n) is 2.56. The quantitative estimate of drug-likeness (QED) is 0.244. The van der Waals surface area contributed by atoms with E-state index in [1.807, 2.05) is 0 Å². The third kappa shape index (κ3) is 13.5. The Morgan fingerprint density at radius 2 is 1.05 bits per heavy atom. The molecule has 0 aromatic heterocycles. The Balaban J connectivity index is -0.0000000418.